The van der Waals surface area contributed by atoms with Crippen molar-refractivity contribution < 1.29 is 9.59 Å². The number of urea groups is 1. The van der Waals surface area contributed by atoms with Crippen LogP contribution in [0, 0.1) is 0 Å². The summed E-state index contributed by atoms with van der Waals surface area (Å²) in [6.45, 7) is 0. The quantitative estimate of drug-likeness (QED) is 0.677. The summed E-state index contributed by atoms with van der Waals surface area (Å²) in [4.78, 5) is 31.0. The summed E-state index contributed by atoms with van der Waals surface area (Å²) in [6.07, 6.45) is 5.33. The largest absolute Gasteiger partial charge is 0.327 e. The maximum atomic E-state index is 12.3. The molecule has 3 aromatic rings. The lowest BCUT2D eigenvalue weighted by molar-refractivity contribution is -0.127. The van der Waals surface area contributed by atoms with E-state index in [1.165, 1.54) is 11.9 Å². The molecule has 0 aliphatic carbocycles. The fourth-order valence-electron chi connectivity index (χ4n) is 2.99. The number of carbonyl (C=O) groups excluding carboxylic acids is 2. The molecule has 0 saturated carbocycles. The van der Waals surface area contributed by atoms with E-state index in [9.17, 15) is 9.59 Å². The van der Waals surface area contributed by atoms with Gasteiger partial charge < -0.3 is 4.90 Å². The summed E-state index contributed by atoms with van der Waals surface area (Å²) in [7, 11) is 3.14. The van der Waals surface area contributed by atoms with Crippen LogP contribution in [0.4, 0.5) is 4.79 Å². The molecule has 3 heterocycles. The van der Waals surface area contributed by atoms with Gasteiger partial charge in [0, 0.05) is 31.9 Å². The van der Waals surface area contributed by atoms with Gasteiger partial charge in [0.15, 0.2) is 0 Å². The van der Waals surface area contributed by atoms with Gasteiger partial charge in [-0.1, -0.05) is 6.07 Å². The molecule has 0 N–H and O–H groups in total. The Morgan fingerprint density at radius 2 is 1.96 bits per heavy atom. The summed E-state index contributed by atoms with van der Waals surface area (Å²) < 4.78 is 1.75. The van der Waals surface area contributed by atoms with E-state index in [0.29, 0.717) is 0 Å². The number of amides is 3. The molecule has 0 radical (unpaired) electrons. The van der Waals surface area contributed by atoms with E-state index in [1.807, 2.05) is 36.5 Å². The average Bonchev–Trinajstić information content (AvgIpc) is 3.11. The maximum absolute atomic E-state index is 12.3. The lowest BCUT2D eigenvalue weighted by Crippen LogP contribution is -2.27. The fraction of sp³-hybridized carbons (Fsp3) is 0.176. The van der Waals surface area contributed by atoms with Crippen molar-refractivity contribution in [2.75, 3.05) is 14.1 Å². The summed E-state index contributed by atoms with van der Waals surface area (Å²) >= 11 is 0. The number of imide groups is 1. The predicted octanol–water partition coefficient (Wildman–Crippen LogP) is 1.99. The van der Waals surface area contributed by atoms with Crippen molar-refractivity contribution >= 4 is 22.8 Å². The first-order valence-electron chi connectivity index (χ1n) is 7.50. The zero-order chi connectivity index (χ0) is 16.8. The summed E-state index contributed by atoms with van der Waals surface area (Å²) in [5.74, 6) is -0.221. The summed E-state index contributed by atoms with van der Waals surface area (Å²) in [5.41, 5.74) is 2.45. The van der Waals surface area contributed by atoms with Gasteiger partial charge in [0.25, 0.3) is 5.91 Å². The van der Waals surface area contributed by atoms with Crippen molar-refractivity contribution in [3.05, 3.63) is 54.5 Å². The van der Waals surface area contributed by atoms with Crippen LogP contribution in [0.5, 0.6) is 0 Å². The minimum absolute atomic E-state index is 0.221. The van der Waals surface area contributed by atoms with Crippen LogP contribution in [-0.2, 0) is 4.79 Å². The molecule has 3 amide bonds. The average molecular weight is 321 g/mol. The van der Waals surface area contributed by atoms with Gasteiger partial charge in [-0.2, -0.15) is 5.10 Å². The van der Waals surface area contributed by atoms with Crippen molar-refractivity contribution in [3.8, 4) is 5.69 Å². The lowest BCUT2D eigenvalue weighted by atomic mass is 10.0. The topological polar surface area (TPSA) is 71.3 Å². The molecule has 1 atom stereocenters. The van der Waals surface area contributed by atoms with Crippen molar-refractivity contribution in [2.45, 2.75) is 6.04 Å². The maximum Gasteiger partial charge on any atom is 0.327 e. The third-order valence-corrected chi connectivity index (χ3v) is 4.30. The second-order valence-electron chi connectivity index (χ2n) is 5.80. The van der Waals surface area contributed by atoms with Gasteiger partial charge in [0.2, 0.25) is 0 Å². The highest BCUT2D eigenvalue weighted by Gasteiger charge is 2.41. The van der Waals surface area contributed by atoms with Gasteiger partial charge in [0.05, 0.1) is 17.4 Å². The van der Waals surface area contributed by atoms with Crippen LogP contribution in [0.3, 0.4) is 0 Å². The second-order valence-corrected chi connectivity index (χ2v) is 5.80. The van der Waals surface area contributed by atoms with Gasteiger partial charge in [0.1, 0.15) is 6.04 Å². The Morgan fingerprint density at radius 1 is 1.12 bits per heavy atom. The highest BCUT2D eigenvalue weighted by molar-refractivity contribution is 6.04. The number of benzene rings is 1. The van der Waals surface area contributed by atoms with E-state index < -0.39 is 6.04 Å². The number of likely N-dealkylation sites (N-methyl/N-ethyl adjacent to an activating group) is 2. The minimum Gasteiger partial charge on any atom is -0.311 e. The van der Waals surface area contributed by atoms with E-state index in [2.05, 4.69) is 10.1 Å². The molecule has 24 heavy (non-hydrogen) atoms. The Balaban J connectivity index is 1.77. The third-order valence-electron chi connectivity index (χ3n) is 4.30. The number of rotatable bonds is 2. The molecule has 1 aromatic carbocycles. The van der Waals surface area contributed by atoms with Gasteiger partial charge in [-0.3, -0.25) is 14.7 Å². The smallest absolute Gasteiger partial charge is 0.311 e. The van der Waals surface area contributed by atoms with E-state index in [1.54, 1.807) is 24.1 Å². The van der Waals surface area contributed by atoms with Crippen LogP contribution in [-0.4, -0.2) is 50.6 Å². The van der Waals surface area contributed by atoms with Crippen molar-refractivity contribution in [2.24, 2.45) is 0 Å². The molecule has 1 fully saturated rings. The van der Waals surface area contributed by atoms with Gasteiger partial charge in [-0.05, 0) is 29.8 Å². The normalized spacial score (nSPS) is 18.0. The van der Waals surface area contributed by atoms with Gasteiger partial charge >= 0.3 is 6.03 Å². The molecule has 1 unspecified atom stereocenters. The Labute approximate surface area is 138 Å². The molecule has 4 rings (SSSR count). The highest BCUT2D eigenvalue weighted by Crippen LogP contribution is 2.30. The van der Waals surface area contributed by atoms with Crippen LogP contribution in [0.25, 0.3) is 16.6 Å². The molecular formula is C17H15N5O2. The molecule has 1 aliphatic rings. The van der Waals surface area contributed by atoms with E-state index in [0.717, 1.165) is 27.1 Å². The number of fused-ring (bicyclic) bond motifs is 1. The zero-order valence-electron chi connectivity index (χ0n) is 13.2. The SMILES string of the molecule is CN1C(=O)C(c2ccc3nn(-c4cccnc4)cc3c2)N(C)C1=O. The third kappa shape index (κ3) is 2.05. The first kappa shape index (κ1) is 14.4. The second kappa shape index (κ2) is 5.16. The fourth-order valence-corrected chi connectivity index (χ4v) is 2.99. The van der Waals surface area contributed by atoms with Crippen LogP contribution < -0.4 is 0 Å². The number of nitrogens with zero attached hydrogens (tertiary/aromatic N) is 5. The van der Waals surface area contributed by atoms with Crippen molar-refractivity contribution in [1.29, 1.82) is 0 Å². The van der Waals surface area contributed by atoms with Crippen LogP contribution in [0.15, 0.2) is 48.9 Å². The highest BCUT2D eigenvalue weighted by atomic mass is 16.2. The van der Waals surface area contributed by atoms with Crippen LogP contribution in [0.2, 0.25) is 0 Å². The number of aromatic nitrogens is 3. The monoisotopic (exact) mass is 321 g/mol. The molecule has 1 aliphatic heterocycles. The zero-order valence-corrected chi connectivity index (χ0v) is 13.2. The Bertz CT molecular complexity index is 950. The predicted molar refractivity (Wildman–Crippen MR) is 87.5 cm³/mol. The number of pyridine rings is 1. The molecule has 7 heteroatoms. The molecule has 7 nitrogen and oxygen atoms in total. The molecule has 1 saturated heterocycles. The molecule has 2 aromatic heterocycles. The van der Waals surface area contributed by atoms with Gasteiger partial charge in [-0.15, -0.1) is 0 Å². The Morgan fingerprint density at radius 3 is 2.62 bits per heavy atom. The van der Waals surface area contributed by atoms with Crippen molar-refractivity contribution in [3.63, 3.8) is 0 Å². The van der Waals surface area contributed by atoms with Gasteiger partial charge in [-0.25, -0.2) is 9.48 Å². The van der Waals surface area contributed by atoms with E-state index >= 15 is 0 Å². The molecule has 120 valence electrons. The lowest BCUT2D eigenvalue weighted by Gasteiger charge is -2.16. The first-order chi connectivity index (χ1) is 11.6. The molecule has 0 bridgehead atoms. The Hall–Kier alpha value is -3.22. The van der Waals surface area contributed by atoms with Crippen LogP contribution >= 0.6 is 0 Å². The Kier molecular flexibility index (Phi) is 3.09. The number of carbonyl (C=O) groups is 2. The number of hydrogen-bond acceptors (Lipinski definition) is 4. The van der Waals surface area contributed by atoms with E-state index in [4.69, 9.17) is 0 Å². The molecular weight excluding hydrogens is 306 g/mol. The standard InChI is InChI=1S/C17H15N5O2/c1-20-15(16(23)21(2)17(20)24)11-5-6-14-12(8-11)10-22(19-14)13-4-3-7-18-9-13/h3-10,15H,1-2H3. The van der Waals surface area contributed by atoms with Crippen LogP contribution in [0.1, 0.15) is 11.6 Å². The summed E-state index contributed by atoms with van der Waals surface area (Å²) in [5, 5.41) is 5.42. The number of hydrogen-bond donors (Lipinski definition) is 0. The van der Waals surface area contributed by atoms with E-state index in [-0.39, 0.29) is 11.9 Å². The van der Waals surface area contributed by atoms with Crippen molar-refractivity contribution in [1.82, 2.24) is 24.6 Å². The molecule has 0 spiro atoms. The minimum atomic E-state index is -0.589. The first-order valence-corrected chi connectivity index (χ1v) is 7.50. The summed E-state index contributed by atoms with van der Waals surface area (Å²) in [6, 6.07) is 8.49.